The largest absolute Gasteiger partial charge is 0.448 e. The van der Waals surface area contributed by atoms with Gasteiger partial charge in [0.05, 0.1) is 6.54 Å². The van der Waals surface area contributed by atoms with E-state index in [-0.39, 0.29) is 12.2 Å². The Balaban J connectivity index is 0.000000360. The van der Waals surface area contributed by atoms with Gasteiger partial charge in [-0.2, -0.15) is 0 Å². The van der Waals surface area contributed by atoms with Crippen LogP contribution in [-0.2, 0) is 4.74 Å². The second-order valence-corrected chi connectivity index (χ2v) is 1.06. The fourth-order valence-electron chi connectivity index (χ4n) is 0.348. The number of nitrogens with one attached hydrogen (secondary N) is 1. The summed E-state index contributed by atoms with van der Waals surface area (Å²) < 4.78 is 4.40. The number of hydrogen-bond donors (Lipinski definition) is 2. The fourth-order valence-corrected chi connectivity index (χ4v) is 0.348. The Bertz CT molecular complexity index is 65.3. The summed E-state index contributed by atoms with van der Waals surface area (Å²) in [6.07, 6.45) is -0.296. The van der Waals surface area contributed by atoms with Gasteiger partial charge in [-0.3, -0.25) is 0 Å². The Morgan fingerprint density at radius 2 is 2.43 bits per heavy atom. The molecule has 0 atom stereocenters. The first-order valence-electron chi connectivity index (χ1n) is 1.80. The Labute approximate surface area is 41.4 Å². The minimum Gasteiger partial charge on any atom is -0.448 e. The van der Waals surface area contributed by atoms with Crippen molar-refractivity contribution >= 4 is 6.09 Å². The lowest BCUT2D eigenvalue weighted by molar-refractivity contribution is 0.178. The highest BCUT2D eigenvalue weighted by Gasteiger charge is 2.06. The third kappa shape index (κ3) is 1.41. The minimum absolute atomic E-state index is 0. The predicted molar refractivity (Wildman–Crippen MR) is 24.4 cm³/mol. The number of rotatable bonds is 0. The highest BCUT2D eigenvalue weighted by molar-refractivity contribution is 5.68. The van der Waals surface area contributed by atoms with Gasteiger partial charge >= 0.3 is 6.09 Å². The molecule has 1 fully saturated rings. The van der Waals surface area contributed by atoms with Crippen LogP contribution in [0.15, 0.2) is 0 Å². The zero-order valence-corrected chi connectivity index (χ0v) is 3.94. The van der Waals surface area contributed by atoms with Gasteiger partial charge in [0.25, 0.3) is 0 Å². The molecule has 1 amide bonds. The molecular formula is C3H8N2O2. The van der Waals surface area contributed by atoms with Crippen LogP contribution in [0.3, 0.4) is 0 Å². The summed E-state index contributed by atoms with van der Waals surface area (Å²) in [6.45, 7) is 1.19. The van der Waals surface area contributed by atoms with Gasteiger partial charge in [0.15, 0.2) is 0 Å². The van der Waals surface area contributed by atoms with Crippen LogP contribution in [0.2, 0.25) is 0 Å². The zero-order chi connectivity index (χ0) is 4.41. The lowest BCUT2D eigenvalue weighted by Crippen LogP contribution is -2.11. The van der Waals surface area contributed by atoms with Crippen LogP contribution in [-0.4, -0.2) is 19.2 Å². The topological polar surface area (TPSA) is 73.3 Å². The number of carbonyl (C=O) groups is 1. The van der Waals surface area contributed by atoms with E-state index in [9.17, 15) is 4.79 Å². The van der Waals surface area contributed by atoms with E-state index in [1.165, 1.54) is 0 Å². The summed E-state index contributed by atoms with van der Waals surface area (Å²) in [5.41, 5.74) is 0. The molecule has 1 heterocycles. The van der Waals surface area contributed by atoms with Crippen molar-refractivity contribution in [1.29, 1.82) is 0 Å². The van der Waals surface area contributed by atoms with E-state index in [1.807, 2.05) is 0 Å². The number of ether oxygens (including phenoxy) is 1. The van der Waals surface area contributed by atoms with Crippen LogP contribution in [0.4, 0.5) is 4.79 Å². The van der Waals surface area contributed by atoms with Gasteiger partial charge < -0.3 is 16.2 Å². The molecule has 1 aliphatic rings. The van der Waals surface area contributed by atoms with Crippen LogP contribution in [0, 0.1) is 0 Å². The Hall–Kier alpha value is -0.770. The first-order chi connectivity index (χ1) is 2.89. The molecule has 0 unspecified atom stereocenters. The number of carbonyl (C=O) groups excluding carboxylic acids is 1. The van der Waals surface area contributed by atoms with Crippen molar-refractivity contribution in [3.05, 3.63) is 0 Å². The molecule has 4 nitrogen and oxygen atoms in total. The first-order valence-corrected chi connectivity index (χ1v) is 1.80. The molecule has 42 valence electrons. The summed E-state index contributed by atoms with van der Waals surface area (Å²) in [5, 5.41) is 2.46. The van der Waals surface area contributed by atoms with Crippen LogP contribution < -0.4 is 11.5 Å². The summed E-state index contributed by atoms with van der Waals surface area (Å²) >= 11 is 0. The molecule has 4 heteroatoms. The smallest absolute Gasteiger partial charge is 0.407 e. The normalized spacial score (nSPS) is 16.9. The van der Waals surface area contributed by atoms with E-state index >= 15 is 0 Å². The molecule has 0 aliphatic carbocycles. The molecule has 4 N–H and O–H groups in total. The molecule has 0 aromatic carbocycles. The molecule has 0 spiro atoms. The number of alkyl carbamates (subject to hydrolysis) is 1. The van der Waals surface area contributed by atoms with Gasteiger partial charge in [-0.1, -0.05) is 0 Å². The zero-order valence-electron chi connectivity index (χ0n) is 3.94. The molecule has 1 aliphatic heterocycles. The van der Waals surface area contributed by atoms with Crippen molar-refractivity contribution in [2.75, 3.05) is 13.2 Å². The number of amides is 1. The molecule has 1 saturated heterocycles. The molecular weight excluding hydrogens is 96.0 g/mol. The maximum Gasteiger partial charge on any atom is 0.407 e. The predicted octanol–water partition coefficient (Wildman–Crippen LogP) is -0.112. The number of cyclic esters (lactones) is 1. The molecule has 0 saturated carbocycles. The van der Waals surface area contributed by atoms with E-state index in [0.29, 0.717) is 13.2 Å². The van der Waals surface area contributed by atoms with Gasteiger partial charge in [-0.05, 0) is 0 Å². The minimum atomic E-state index is -0.296. The maximum atomic E-state index is 9.91. The molecule has 0 aromatic rings. The van der Waals surface area contributed by atoms with Crippen LogP contribution in [0.25, 0.3) is 0 Å². The standard InChI is InChI=1S/C3H5NO2.H3N/c5-3-4-1-2-6-3;/h1-2H2,(H,4,5);1H3. The monoisotopic (exact) mass is 104 g/mol. The van der Waals surface area contributed by atoms with Crippen LogP contribution in [0.1, 0.15) is 0 Å². The number of hydrogen-bond acceptors (Lipinski definition) is 3. The fraction of sp³-hybridized carbons (Fsp3) is 0.667. The summed E-state index contributed by atoms with van der Waals surface area (Å²) in [4.78, 5) is 9.91. The second-order valence-electron chi connectivity index (χ2n) is 1.06. The van der Waals surface area contributed by atoms with Crippen molar-refractivity contribution < 1.29 is 9.53 Å². The summed E-state index contributed by atoms with van der Waals surface area (Å²) in [6, 6.07) is 0. The van der Waals surface area contributed by atoms with Gasteiger partial charge in [0, 0.05) is 0 Å². The summed E-state index contributed by atoms with van der Waals surface area (Å²) in [5.74, 6) is 0. The van der Waals surface area contributed by atoms with Crippen molar-refractivity contribution in [3.63, 3.8) is 0 Å². The molecule has 1 rings (SSSR count). The maximum absolute atomic E-state index is 9.91. The Kier molecular flexibility index (Phi) is 2.15. The van der Waals surface area contributed by atoms with Crippen LogP contribution in [0.5, 0.6) is 0 Å². The van der Waals surface area contributed by atoms with E-state index in [0.717, 1.165) is 0 Å². The Morgan fingerprint density at radius 1 is 1.71 bits per heavy atom. The molecule has 7 heavy (non-hydrogen) atoms. The molecule has 0 aromatic heterocycles. The van der Waals surface area contributed by atoms with Gasteiger partial charge in [0.1, 0.15) is 6.61 Å². The SMILES string of the molecule is N.O=C1NCCO1. The Morgan fingerprint density at radius 3 is 2.57 bits per heavy atom. The van der Waals surface area contributed by atoms with Crippen molar-refractivity contribution in [3.8, 4) is 0 Å². The van der Waals surface area contributed by atoms with E-state index in [2.05, 4.69) is 10.1 Å². The van der Waals surface area contributed by atoms with Crippen molar-refractivity contribution in [1.82, 2.24) is 11.5 Å². The quantitative estimate of drug-likeness (QED) is 0.450. The van der Waals surface area contributed by atoms with E-state index in [1.54, 1.807) is 0 Å². The van der Waals surface area contributed by atoms with Crippen molar-refractivity contribution in [2.24, 2.45) is 0 Å². The van der Waals surface area contributed by atoms with E-state index in [4.69, 9.17) is 0 Å². The molecule has 0 bridgehead atoms. The van der Waals surface area contributed by atoms with Gasteiger partial charge in [-0.25, -0.2) is 4.79 Å². The van der Waals surface area contributed by atoms with Gasteiger partial charge in [-0.15, -0.1) is 0 Å². The van der Waals surface area contributed by atoms with Crippen molar-refractivity contribution in [2.45, 2.75) is 0 Å². The average Bonchev–Trinajstić information content (AvgIpc) is 1.86. The summed E-state index contributed by atoms with van der Waals surface area (Å²) in [7, 11) is 0. The first kappa shape index (κ1) is 6.23. The van der Waals surface area contributed by atoms with Gasteiger partial charge in [0.2, 0.25) is 0 Å². The highest BCUT2D eigenvalue weighted by atomic mass is 16.6. The average molecular weight is 104 g/mol. The van der Waals surface area contributed by atoms with E-state index < -0.39 is 0 Å². The lowest BCUT2D eigenvalue weighted by atomic mass is 10.7. The molecule has 0 radical (unpaired) electrons. The second kappa shape index (κ2) is 2.41. The highest BCUT2D eigenvalue weighted by Crippen LogP contribution is 1.82. The lowest BCUT2D eigenvalue weighted by Gasteiger charge is -1.80. The third-order valence-corrected chi connectivity index (χ3v) is 0.605. The third-order valence-electron chi connectivity index (χ3n) is 0.605. The van der Waals surface area contributed by atoms with Crippen LogP contribution >= 0.6 is 0 Å².